The van der Waals surface area contributed by atoms with E-state index < -0.39 is 11.7 Å². The molecule has 3 N–H and O–H groups in total. The number of rotatable bonds is 5. The molecule has 3 aromatic rings. The van der Waals surface area contributed by atoms with E-state index in [1.807, 2.05) is 81.6 Å². The number of nitrogens with one attached hydrogen (secondary N) is 1. The summed E-state index contributed by atoms with van der Waals surface area (Å²) in [5.41, 5.74) is 8.10. The van der Waals surface area contributed by atoms with Crippen LogP contribution in [0.25, 0.3) is 10.4 Å². The van der Waals surface area contributed by atoms with Gasteiger partial charge in [-0.3, -0.25) is 0 Å². The number of nitrogens with two attached hydrogens (primary N) is 1. The molecule has 3 rings (SSSR count). The first-order chi connectivity index (χ1) is 13.3. The summed E-state index contributed by atoms with van der Waals surface area (Å²) in [6.45, 7) is 5.54. The number of thiazole rings is 1. The molecular formula is C22H25N3O2S. The smallest absolute Gasteiger partial charge is 0.408 e. The van der Waals surface area contributed by atoms with Crippen molar-refractivity contribution in [3.63, 3.8) is 0 Å². The highest BCUT2D eigenvalue weighted by Crippen LogP contribution is 2.30. The lowest BCUT2D eigenvalue weighted by Crippen LogP contribution is -2.35. The average Bonchev–Trinajstić information content (AvgIpc) is 3.12. The Morgan fingerprint density at radius 3 is 2.46 bits per heavy atom. The minimum atomic E-state index is -0.562. The zero-order valence-corrected chi connectivity index (χ0v) is 17.1. The molecule has 28 heavy (non-hydrogen) atoms. The minimum absolute atomic E-state index is 0.291. The molecule has 0 fully saturated rings. The van der Waals surface area contributed by atoms with Crippen molar-refractivity contribution in [3.05, 3.63) is 71.4 Å². The van der Waals surface area contributed by atoms with Gasteiger partial charge in [0.05, 0.1) is 10.9 Å². The number of anilines is 1. The van der Waals surface area contributed by atoms with Crippen molar-refractivity contribution >= 4 is 23.1 Å². The van der Waals surface area contributed by atoms with Crippen LogP contribution in [-0.2, 0) is 11.2 Å². The van der Waals surface area contributed by atoms with Gasteiger partial charge in [-0.2, -0.15) is 0 Å². The number of hydrogen-bond acceptors (Lipinski definition) is 5. The van der Waals surface area contributed by atoms with Crippen LogP contribution in [0, 0.1) is 0 Å². The number of ether oxygens (including phenoxy) is 1. The first-order valence-electron chi connectivity index (χ1n) is 9.15. The molecule has 5 nitrogen and oxygen atoms in total. The van der Waals surface area contributed by atoms with Crippen LogP contribution in [0.5, 0.6) is 0 Å². The molecule has 0 saturated carbocycles. The van der Waals surface area contributed by atoms with Gasteiger partial charge in [-0.05, 0) is 50.5 Å². The number of nitrogen functional groups attached to an aromatic ring is 1. The van der Waals surface area contributed by atoms with Crippen molar-refractivity contribution in [2.24, 2.45) is 0 Å². The Morgan fingerprint density at radius 2 is 1.82 bits per heavy atom. The highest BCUT2D eigenvalue weighted by Gasteiger charge is 2.23. The summed E-state index contributed by atoms with van der Waals surface area (Å²) in [7, 11) is 0. The molecule has 0 aliphatic carbocycles. The summed E-state index contributed by atoms with van der Waals surface area (Å²) in [4.78, 5) is 18.0. The third-order valence-corrected chi connectivity index (χ3v) is 5.15. The molecule has 1 heterocycles. The summed E-state index contributed by atoms with van der Waals surface area (Å²) < 4.78 is 5.44. The van der Waals surface area contributed by atoms with Gasteiger partial charge in [-0.1, -0.05) is 42.5 Å². The Morgan fingerprint density at radius 1 is 1.14 bits per heavy atom. The highest BCUT2D eigenvalue weighted by atomic mass is 32.1. The van der Waals surface area contributed by atoms with E-state index in [9.17, 15) is 4.79 Å². The molecular weight excluding hydrogens is 370 g/mol. The maximum atomic E-state index is 12.4. The van der Waals surface area contributed by atoms with Crippen molar-refractivity contribution in [3.8, 4) is 10.4 Å². The lowest BCUT2D eigenvalue weighted by atomic mass is 10.1. The largest absolute Gasteiger partial charge is 0.444 e. The summed E-state index contributed by atoms with van der Waals surface area (Å²) in [5, 5.41) is 3.81. The number of carbonyl (C=O) groups excluding carboxylic acids is 1. The molecule has 0 aliphatic rings. The minimum Gasteiger partial charge on any atom is -0.444 e. The molecule has 0 bridgehead atoms. The van der Waals surface area contributed by atoms with Crippen molar-refractivity contribution in [1.29, 1.82) is 0 Å². The fraction of sp³-hybridized carbons (Fsp3) is 0.273. The third kappa shape index (κ3) is 5.57. The molecule has 0 saturated heterocycles. The van der Waals surface area contributed by atoms with Crippen LogP contribution in [0.2, 0.25) is 0 Å². The molecule has 0 unspecified atom stereocenters. The molecule has 6 heteroatoms. The van der Waals surface area contributed by atoms with E-state index >= 15 is 0 Å². The lowest BCUT2D eigenvalue weighted by Gasteiger charge is -2.23. The second kappa shape index (κ2) is 8.44. The molecule has 1 atom stereocenters. The lowest BCUT2D eigenvalue weighted by molar-refractivity contribution is 0.0503. The number of aromatic nitrogens is 1. The van der Waals surface area contributed by atoms with Crippen LogP contribution in [0.4, 0.5) is 10.5 Å². The predicted octanol–water partition coefficient (Wildman–Crippen LogP) is 5.20. The monoisotopic (exact) mass is 395 g/mol. The normalized spacial score (nSPS) is 12.4. The van der Waals surface area contributed by atoms with Crippen molar-refractivity contribution in [1.82, 2.24) is 10.3 Å². The Labute approximate surface area is 169 Å². The maximum absolute atomic E-state index is 12.4. The standard InChI is InChI=1S/C22H25N3O2S/c1-22(2,3)27-21(26)25-18(13-15-9-11-17(23)12-10-15)20-24-14-19(28-20)16-7-5-4-6-8-16/h4-12,14,18H,13,23H2,1-3H3,(H,25,26)/t18-/m0/s1. The molecule has 2 aromatic carbocycles. The van der Waals surface area contributed by atoms with Gasteiger partial charge in [0, 0.05) is 11.9 Å². The van der Waals surface area contributed by atoms with Gasteiger partial charge in [0.1, 0.15) is 10.6 Å². The first-order valence-corrected chi connectivity index (χ1v) is 9.97. The van der Waals surface area contributed by atoms with Crippen LogP contribution in [-0.4, -0.2) is 16.7 Å². The number of nitrogens with zero attached hydrogens (tertiary/aromatic N) is 1. The topological polar surface area (TPSA) is 77.2 Å². The quantitative estimate of drug-likeness (QED) is 0.582. The number of hydrogen-bond donors (Lipinski definition) is 2. The molecule has 1 aromatic heterocycles. The van der Waals surface area contributed by atoms with E-state index in [1.165, 1.54) is 0 Å². The van der Waals surface area contributed by atoms with Gasteiger partial charge in [-0.15, -0.1) is 11.3 Å². The molecule has 0 radical (unpaired) electrons. The summed E-state index contributed by atoms with van der Waals surface area (Å²) in [5.74, 6) is 0. The van der Waals surface area contributed by atoms with E-state index in [0.717, 1.165) is 21.0 Å². The third-order valence-electron chi connectivity index (χ3n) is 3.99. The van der Waals surface area contributed by atoms with Crippen LogP contribution >= 0.6 is 11.3 Å². The summed E-state index contributed by atoms with van der Waals surface area (Å²) in [6, 6.07) is 17.4. The van der Waals surface area contributed by atoms with E-state index in [-0.39, 0.29) is 6.04 Å². The Balaban J connectivity index is 1.84. The number of benzene rings is 2. The van der Waals surface area contributed by atoms with Crippen LogP contribution in [0.1, 0.15) is 37.4 Å². The van der Waals surface area contributed by atoms with E-state index in [1.54, 1.807) is 11.3 Å². The Bertz CT molecular complexity index is 915. The molecule has 0 spiro atoms. The van der Waals surface area contributed by atoms with E-state index in [4.69, 9.17) is 10.5 Å². The SMILES string of the molecule is CC(C)(C)OC(=O)N[C@@H](Cc1ccc(N)cc1)c1ncc(-c2ccccc2)s1. The zero-order chi connectivity index (χ0) is 20.1. The van der Waals surface area contributed by atoms with Gasteiger partial charge in [0.15, 0.2) is 0 Å². The van der Waals surface area contributed by atoms with Gasteiger partial charge >= 0.3 is 6.09 Å². The zero-order valence-electron chi connectivity index (χ0n) is 16.3. The molecule has 0 aliphatic heterocycles. The van der Waals surface area contributed by atoms with Gasteiger partial charge in [0.25, 0.3) is 0 Å². The molecule has 146 valence electrons. The average molecular weight is 396 g/mol. The van der Waals surface area contributed by atoms with Crippen LogP contribution < -0.4 is 11.1 Å². The second-order valence-electron chi connectivity index (χ2n) is 7.57. The van der Waals surface area contributed by atoms with Gasteiger partial charge < -0.3 is 15.8 Å². The van der Waals surface area contributed by atoms with Crippen molar-refractivity contribution in [2.45, 2.75) is 38.8 Å². The highest BCUT2D eigenvalue weighted by molar-refractivity contribution is 7.15. The molecule has 1 amide bonds. The van der Waals surface area contributed by atoms with E-state index in [2.05, 4.69) is 10.3 Å². The maximum Gasteiger partial charge on any atom is 0.408 e. The van der Waals surface area contributed by atoms with E-state index in [0.29, 0.717) is 12.1 Å². The second-order valence-corrected chi connectivity index (χ2v) is 8.64. The van der Waals surface area contributed by atoms with Crippen LogP contribution in [0.3, 0.4) is 0 Å². The summed E-state index contributed by atoms with van der Waals surface area (Å²) >= 11 is 1.57. The van der Waals surface area contributed by atoms with Crippen molar-refractivity contribution < 1.29 is 9.53 Å². The first kappa shape index (κ1) is 19.9. The number of carbonyl (C=O) groups is 1. The Hall–Kier alpha value is -2.86. The predicted molar refractivity (Wildman–Crippen MR) is 114 cm³/mol. The summed E-state index contributed by atoms with van der Waals surface area (Å²) in [6.07, 6.45) is 1.99. The van der Waals surface area contributed by atoms with Crippen LogP contribution in [0.15, 0.2) is 60.8 Å². The number of amides is 1. The Kier molecular flexibility index (Phi) is 5.99. The number of alkyl carbamates (subject to hydrolysis) is 1. The fourth-order valence-corrected chi connectivity index (χ4v) is 3.70. The van der Waals surface area contributed by atoms with Crippen molar-refractivity contribution in [2.75, 3.05) is 5.73 Å². The van der Waals surface area contributed by atoms with Gasteiger partial charge in [0.2, 0.25) is 0 Å². The fourth-order valence-electron chi connectivity index (χ4n) is 2.72. The van der Waals surface area contributed by atoms with Gasteiger partial charge in [-0.25, -0.2) is 9.78 Å².